The highest BCUT2D eigenvalue weighted by molar-refractivity contribution is 5.77. The quantitative estimate of drug-likeness (QED) is 0.723. The lowest BCUT2D eigenvalue weighted by atomic mass is 10.2. The highest BCUT2D eigenvalue weighted by atomic mass is 16.5. The molecule has 1 aromatic carbocycles. The molecule has 0 fully saturated rings. The van der Waals surface area contributed by atoms with Crippen LogP contribution in [-0.4, -0.2) is 19.6 Å². The van der Waals surface area contributed by atoms with Crippen LogP contribution >= 0.6 is 0 Å². The van der Waals surface area contributed by atoms with E-state index < -0.39 is 0 Å². The molecular weight excluding hydrogens is 180 g/mol. The third-order valence-electron chi connectivity index (χ3n) is 1.81. The molecule has 0 aliphatic carbocycles. The van der Waals surface area contributed by atoms with Crippen molar-refractivity contribution in [2.75, 3.05) is 13.7 Å². The summed E-state index contributed by atoms with van der Waals surface area (Å²) < 4.78 is 5.21. The lowest BCUT2D eigenvalue weighted by molar-refractivity contribution is -0.122. The first-order valence-electron chi connectivity index (χ1n) is 4.38. The van der Waals surface area contributed by atoms with Crippen molar-refractivity contribution in [1.29, 1.82) is 0 Å². The van der Waals surface area contributed by atoms with Gasteiger partial charge in [-0.25, -0.2) is 0 Å². The van der Waals surface area contributed by atoms with Crippen LogP contribution in [0.25, 0.3) is 0 Å². The van der Waals surface area contributed by atoms with Crippen molar-refractivity contribution in [2.24, 2.45) is 5.73 Å². The van der Waals surface area contributed by atoms with Crippen LogP contribution in [0.15, 0.2) is 24.3 Å². The summed E-state index contributed by atoms with van der Waals surface area (Å²) in [4.78, 5) is 10.9. The summed E-state index contributed by atoms with van der Waals surface area (Å²) in [7, 11) is 1.57. The van der Waals surface area contributed by atoms with E-state index in [1.165, 1.54) is 0 Å². The van der Waals surface area contributed by atoms with Crippen molar-refractivity contribution in [1.82, 2.24) is 5.32 Å². The van der Waals surface area contributed by atoms with E-state index in [0.29, 0.717) is 12.3 Å². The monoisotopic (exact) mass is 194 g/mol. The van der Waals surface area contributed by atoms with Gasteiger partial charge in [-0.1, -0.05) is 12.1 Å². The van der Waals surface area contributed by atoms with Gasteiger partial charge in [0.2, 0.25) is 0 Å². The molecule has 1 aromatic rings. The Balaban J connectivity index is 2.47. The lowest BCUT2D eigenvalue weighted by Gasteiger charge is -2.05. The minimum Gasteiger partial charge on any atom is -0.484 e. The highest BCUT2D eigenvalue weighted by Crippen LogP contribution is 2.11. The van der Waals surface area contributed by atoms with E-state index in [0.717, 1.165) is 5.56 Å². The Morgan fingerprint density at radius 1 is 1.43 bits per heavy atom. The number of ether oxygens (including phenoxy) is 1. The number of carbonyl (C=O) groups excluding carboxylic acids is 1. The van der Waals surface area contributed by atoms with Crippen molar-refractivity contribution in [3.05, 3.63) is 29.8 Å². The molecular formula is C10H14N2O2. The summed E-state index contributed by atoms with van der Waals surface area (Å²) in [5, 5.41) is 2.47. The molecule has 3 N–H and O–H groups in total. The number of benzene rings is 1. The van der Waals surface area contributed by atoms with Crippen LogP contribution in [0.2, 0.25) is 0 Å². The Kier molecular flexibility index (Phi) is 3.94. The predicted molar refractivity (Wildman–Crippen MR) is 53.9 cm³/mol. The predicted octanol–water partition coefficient (Wildman–Crippen LogP) is 0.270. The number of nitrogens with two attached hydrogens (primary N) is 1. The zero-order chi connectivity index (χ0) is 10.4. The van der Waals surface area contributed by atoms with Crippen molar-refractivity contribution < 1.29 is 9.53 Å². The van der Waals surface area contributed by atoms with E-state index in [4.69, 9.17) is 10.5 Å². The number of amides is 1. The van der Waals surface area contributed by atoms with Crippen molar-refractivity contribution in [3.8, 4) is 5.75 Å². The molecule has 0 aliphatic rings. The van der Waals surface area contributed by atoms with Crippen LogP contribution in [0, 0.1) is 0 Å². The Labute approximate surface area is 83.1 Å². The highest BCUT2D eigenvalue weighted by Gasteiger charge is 1.99. The molecule has 0 saturated carbocycles. The summed E-state index contributed by atoms with van der Waals surface area (Å²) in [6, 6.07) is 7.34. The van der Waals surface area contributed by atoms with Crippen LogP contribution < -0.4 is 15.8 Å². The second-order valence-electron chi connectivity index (χ2n) is 2.81. The average Bonchev–Trinajstić information content (AvgIpc) is 2.26. The smallest absolute Gasteiger partial charge is 0.257 e. The van der Waals surface area contributed by atoms with Gasteiger partial charge >= 0.3 is 0 Å². The summed E-state index contributed by atoms with van der Waals surface area (Å²) in [5.74, 6) is 0.527. The molecule has 14 heavy (non-hydrogen) atoms. The first-order valence-corrected chi connectivity index (χ1v) is 4.38. The van der Waals surface area contributed by atoms with Crippen LogP contribution in [0.1, 0.15) is 5.56 Å². The van der Waals surface area contributed by atoms with Gasteiger partial charge in [0.05, 0.1) is 0 Å². The zero-order valence-corrected chi connectivity index (χ0v) is 8.12. The molecule has 1 amide bonds. The second-order valence-corrected chi connectivity index (χ2v) is 2.81. The maximum atomic E-state index is 10.9. The molecule has 0 saturated heterocycles. The average molecular weight is 194 g/mol. The van der Waals surface area contributed by atoms with E-state index >= 15 is 0 Å². The maximum Gasteiger partial charge on any atom is 0.257 e. The van der Waals surface area contributed by atoms with E-state index in [1.54, 1.807) is 19.2 Å². The fourth-order valence-corrected chi connectivity index (χ4v) is 0.943. The van der Waals surface area contributed by atoms with E-state index in [9.17, 15) is 4.79 Å². The molecule has 0 aromatic heterocycles. The summed E-state index contributed by atoms with van der Waals surface area (Å²) in [6.45, 7) is 0.550. The molecule has 76 valence electrons. The Morgan fingerprint density at radius 3 is 2.57 bits per heavy atom. The van der Waals surface area contributed by atoms with Crippen LogP contribution in [0.4, 0.5) is 0 Å². The Morgan fingerprint density at radius 2 is 2.07 bits per heavy atom. The number of hydrogen-bond acceptors (Lipinski definition) is 3. The Bertz CT molecular complexity index is 295. The standard InChI is InChI=1S/C10H14N2O2/c1-12-10(13)7-14-9-4-2-8(6-11)3-5-9/h2-5H,6-7,11H2,1H3,(H,12,13). The van der Waals surface area contributed by atoms with Gasteiger partial charge in [-0.15, -0.1) is 0 Å². The fraction of sp³-hybridized carbons (Fsp3) is 0.300. The molecule has 0 heterocycles. The van der Waals surface area contributed by atoms with E-state index in [-0.39, 0.29) is 12.5 Å². The number of carbonyl (C=O) groups is 1. The molecule has 0 radical (unpaired) electrons. The third kappa shape index (κ3) is 3.06. The normalized spacial score (nSPS) is 9.57. The van der Waals surface area contributed by atoms with Gasteiger partial charge in [-0.3, -0.25) is 4.79 Å². The molecule has 1 rings (SSSR count). The summed E-state index contributed by atoms with van der Waals surface area (Å²) in [6.07, 6.45) is 0. The van der Waals surface area contributed by atoms with Gasteiger partial charge in [0, 0.05) is 13.6 Å². The number of hydrogen-bond donors (Lipinski definition) is 2. The molecule has 0 aliphatic heterocycles. The van der Waals surface area contributed by atoms with Crippen molar-refractivity contribution in [2.45, 2.75) is 6.54 Å². The topological polar surface area (TPSA) is 64.3 Å². The zero-order valence-electron chi connectivity index (χ0n) is 8.12. The first-order chi connectivity index (χ1) is 6.76. The minimum atomic E-state index is -0.145. The first kappa shape index (κ1) is 10.5. The van der Waals surface area contributed by atoms with Gasteiger partial charge in [0.1, 0.15) is 5.75 Å². The molecule has 4 nitrogen and oxygen atoms in total. The van der Waals surface area contributed by atoms with Gasteiger partial charge in [0.15, 0.2) is 6.61 Å². The number of nitrogens with one attached hydrogen (secondary N) is 1. The molecule has 0 atom stereocenters. The van der Waals surface area contributed by atoms with Gasteiger partial charge in [-0.2, -0.15) is 0 Å². The summed E-state index contributed by atoms with van der Waals surface area (Å²) >= 11 is 0. The largest absolute Gasteiger partial charge is 0.484 e. The maximum absolute atomic E-state index is 10.9. The van der Waals surface area contributed by atoms with Gasteiger partial charge < -0.3 is 15.8 Å². The fourth-order valence-electron chi connectivity index (χ4n) is 0.943. The van der Waals surface area contributed by atoms with Gasteiger partial charge in [-0.05, 0) is 17.7 Å². The summed E-state index contributed by atoms with van der Waals surface area (Å²) in [5.41, 5.74) is 6.48. The lowest BCUT2D eigenvalue weighted by Crippen LogP contribution is -2.24. The van der Waals surface area contributed by atoms with Crippen LogP contribution in [-0.2, 0) is 11.3 Å². The van der Waals surface area contributed by atoms with Crippen molar-refractivity contribution in [3.63, 3.8) is 0 Å². The van der Waals surface area contributed by atoms with E-state index in [1.807, 2.05) is 12.1 Å². The number of rotatable bonds is 4. The molecule has 0 bridgehead atoms. The number of likely N-dealkylation sites (N-methyl/N-ethyl adjacent to an activating group) is 1. The second kappa shape index (κ2) is 5.24. The molecule has 0 unspecified atom stereocenters. The van der Waals surface area contributed by atoms with E-state index in [2.05, 4.69) is 5.32 Å². The minimum absolute atomic E-state index is 0.0402. The van der Waals surface area contributed by atoms with Crippen LogP contribution in [0.3, 0.4) is 0 Å². The molecule has 0 spiro atoms. The molecule has 4 heteroatoms. The van der Waals surface area contributed by atoms with Crippen LogP contribution in [0.5, 0.6) is 5.75 Å². The Hall–Kier alpha value is -1.55. The third-order valence-corrected chi connectivity index (χ3v) is 1.81. The van der Waals surface area contributed by atoms with Gasteiger partial charge in [0.25, 0.3) is 5.91 Å². The SMILES string of the molecule is CNC(=O)COc1ccc(CN)cc1. The van der Waals surface area contributed by atoms with Crippen molar-refractivity contribution >= 4 is 5.91 Å².